The van der Waals surface area contributed by atoms with Crippen molar-refractivity contribution in [1.82, 2.24) is 5.32 Å². The van der Waals surface area contributed by atoms with E-state index < -0.39 is 0 Å². The minimum Gasteiger partial charge on any atom is -0.349 e. The van der Waals surface area contributed by atoms with Gasteiger partial charge >= 0.3 is 0 Å². The molecule has 0 fully saturated rings. The van der Waals surface area contributed by atoms with Gasteiger partial charge in [0.1, 0.15) is 0 Å². The first-order valence-electron chi connectivity index (χ1n) is 4.67. The number of fused-ring (bicyclic) bond motifs is 1. The normalized spacial score (nSPS) is 18.8. The summed E-state index contributed by atoms with van der Waals surface area (Å²) < 4.78 is 0.887. The van der Waals surface area contributed by atoms with E-state index in [0.29, 0.717) is 12.0 Å². The predicted molar refractivity (Wildman–Crippen MR) is 59.6 cm³/mol. The maximum absolute atomic E-state index is 11.6. The molecule has 3 nitrogen and oxygen atoms in total. The quantitative estimate of drug-likeness (QED) is 0.848. The Balaban J connectivity index is 2.38. The van der Waals surface area contributed by atoms with Crippen LogP contribution in [0.3, 0.4) is 0 Å². The van der Waals surface area contributed by atoms with Crippen molar-refractivity contribution >= 4 is 27.6 Å². The van der Waals surface area contributed by atoms with Crippen molar-refractivity contribution in [3.8, 4) is 0 Å². The molecule has 0 aromatic heterocycles. The molecular formula is C11H10BrNO2. The second kappa shape index (κ2) is 3.77. The van der Waals surface area contributed by atoms with Crippen LogP contribution in [0.4, 0.5) is 0 Å². The Morgan fingerprint density at radius 1 is 1.53 bits per heavy atom. The lowest BCUT2D eigenvalue weighted by Crippen LogP contribution is -2.24. The first-order valence-corrected chi connectivity index (χ1v) is 5.47. The summed E-state index contributed by atoms with van der Waals surface area (Å²) in [7, 11) is 0. The number of carbonyl (C=O) groups is 2. The fourth-order valence-electron chi connectivity index (χ4n) is 1.85. The maximum atomic E-state index is 11.6. The number of benzene rings is 1. The van der Waals surface area contributed by atoms with Gasteiger partial charge in [0.25, 0.3) is 0 Å². The van der Waals surface area contributed by atoms with Crippen LogP contribution >= 0.6 is 15.9 Å². The number of ketones is 1. The molecule has 0 aliphatic heterocycles. The van der Waals surface area contributed by atoms with Crippen LogP contribution in [0.15, 0.2) is 22.7 Å². The van der Waals surface area contributed by atoms with Crippen molar-refractivity contribution in [3.63, 3.8) is 0 Å². The summed E-state index contributed by atoms with van der Waals surface area (Å²) in [5.41, 5.74) is 1.63. The smallest absolute Gasteiger partial charge is 0.217 e. The zero-order valence-corrected chi connectivity index (χ0v) is 9.80. The van der Waals surface area contributed by atoms with Crippen LogP contribution in [0, 0.1) is 0 Å². The van der Waals surface area contributed by atoms with Crippen molar-refractivity contribution in [3.05, 3.63) is 33.8 Å². The number of carbonyl (C=O) groups excluding carboxylic acids is 2. The molecule has 0 spiro atoms. The van der Waals surface area contributed by atoms with Gasteiger partial charge in [0.15, 0.2) is 5.78 Å². The van der Waals surface area contributed by atoms with E-state index >= 15 is 0 Å². The number of nitrogens with one attached hydrogen (secondary N) is 1. The molecule has 4 heteroatoms. The van der Waals surface area contributed by atoms with Crippen molar-refractivity contribution < 1.29 is 9.59 Å². The van der Waals surface area contributed by atoms with Crippen LogP contribution in [0.5, 0.6) is 0 Å². The Hall–Kier alpha value is -1.16. The third kappa shape index (κ3) is 1.95. The van der Waals surface area contributed by atoms with Gasteiger partial charge in [0, 0.05) is 23.4 Å². The molecule has 0 saturated carbocycles. The molecule has 0 radical (unpaired) electrons. The average Bonchev–Trinajstić information content (AvgIpc) is 2.42. The Kier molecular flexibility index (Phi) is 2.61. The fourth-order valence-corrected chi connectivity index (χ4v) is 2.21. The summed E-state index contributed by atoms with van der Waals surface area (Å²) >= 11 is 3.32. The van der Waals surface area contributed by atoms with Crippen molar-refractivity contribution in [2.24, 2.45) is 0 Å². The number of halogens is 1. The number of hydrogen-bond acceptors (Lipinski definition) is 2. The van der Waals surface area contributed by atoms with E-state index in [1.54, 1.807) is 6.07 Å². The topological polar surface area (TPSA) is 46.2 Å². The summed E-state index contributed by atoms with van der Waals surface area (Å²) in [4.78, 5) is 22.6. The lowest BCUT2D eigenvalue weighted by atomic mass is 10.1. The van der Waals surface area contributed by atoms with Crippen LogP contribution in [0.25, 0.3) is 0 Å². The van der Waals surface area contributed by atoms with Gasteiger partial charge in [0.05, 0.1) is 6.04 Å². The standard InChI is InChI=1S/C11H10BrNO2/c1-6(14)13-10-5-11(15)9-4-7(12)2-3-8(9)10/h2-4,10H,5H2,1H3,(H,13,14). The number of amides is 1. The van der Waals surface area contributed by atoms with Crippen LogP contribution in [0.2, 0.25) is 0 Å². The molecule has 1 atom stereocenters. The first-order chi connectivity index (χ1) is 7.08. The molecule has 78 valence electrons. The molecular weight excluding hydrogens is 258 g/mol. The second-order valence-corrected chi connectivity index (χ2v) is 4.53. The summed E-state index contributed by atoms with van der Waals surface area (Å²) in [6.45, 7) is 1.46. The van der Waals surface area contributed by atoms with E-state index in [2.05, 4.69) is 21.2 Å². The minimum atomic E-state index is -0.155. The first kappa shape index (κ1) is 10.4. The molecule has 0 bridgehead atoms. The molecule has 0 heterocycles. The molecule has 1 aliphatic rings. The van der Waals surface area contributed by atoms with Gasteiger partial charge < -0.3 is 5.32 Å². The number of rotatable bonds is 1. The highest BCUT2D eigenvalue weighted by molar-refractivity contribution is 9.10. The van der Waals surface area contributed by atoms with Crippen LogP contribution in [0.1, 0.15) is 35.3 Å². The molecule has 0 saturated heterocycles. The van der Waals surface area contributed by atoms with Gasteiger partial charge in [-0.2, -0.15) is 0 Å². The van der Waals surface area contributed by atoms with Gasteiger partial charge in [-0.15, -0.1) is 0 Å². The molecule has 15 heavy (non-hydrogen) atoms. The highest BCUT2D eigenvalue weighted by Gasteiger charge is 2.29. The van der Waals surface area contributed by atoms with Crippen molar-refractivity contribution in [2.75, 3.05) is 0 Å². The zero-order valence-electron chi connectivity index (χ0n) is 8.21. The fraction of sp³-hybridized carbons (Fsp3) is 0.273. The Labute approximate surface area is 96.0 Å². The molecule has 1 aliphatic carbocycles. The number of Topliss-reactive ketones (excluding diaryl/α,β-unsaturated/α-hetero) is 1. The van der Waals surface area contributed by atoms with E-state index in [1.165, 1.54) is 6.92 Å². The average molecular weight is 268 g/mol. The van der Waals surface area contributed by atoms with Crippen molar-refractivity contribution in [1.29, 1.82) is 0 Å². The monoisotopic (exact) mass is 267 g/mol. The number of hydrogen-bond donors (Lipinski definition) is 1. The molecule has 1 N–H and O–H groups in total. The summed E-state index contributed by atoms with van der Waals surface area (Å²) in [6, 6.07) is 5.41. The van der Waals surface area contributed by atoms with Gasteiger partial charge in [-0.25, -0.2) is 0 Å². The van der Waals surface area contributed by atoms with Crippen LogP contribution in [-0.2, 0) is 4.79 Å². The molecule has 1 amide bonds. The molecule has 1 aromatic carbocycles. The Bertz CT molecular complexity index is 442. The lowest BCUT2D eigenvalue weighted by molar-refractivity contribution is -0.119. The van der Waals surface area contributed by atoms with E-state index in [4.69, 9.17) is 0 Å². The molecule has 1 unspecified atom stereocenters. The third-order valence-corrected chi connectivity index (χ3v) is 2.95. The summed E-state index contributed by atoms with van der Waals surface area (Å²) in [6.07, 6.45) is 0.366. The largest absolute Gasteiger partial charge is 0.349 e. The van der Waals surface area contributed by atoms with Crippen molar-refractivity contribution in [2.45, 2.75) is 19.4 Å². The zero-order chi connectivity index (χ0) is 11.0. The van der Waals surface area contributed by atoms with E-state index in [0.717, 1.165) is 10.0 Å². The van der Waals surface area contributed by atoms with E-state index in [1.807, 2.05) is 12.1 Å². The van der Waals surface area contributed by atoms with E-state index in [-0.39, 0.29) is 17.7 Å². The SMILES string of the molecule is CC(=O)NC1CC(=O)c2cc(Br)ccc21. The summed E-state index contributed by atoms with van der Waals surface area (Å²) in [5, 5.41) is 2.77. The van der Waals surface area contributed by atoms with Gasteiger partial charge in [0.2, 0.25) is 5.91 Å². The third-order valence-electron chi connectivity index (χ3n) is 2.46. The second-order valence-electron chi connectivity index (χ2n) is 3.61. The van der Waals surface area contributed by atoms with Gasteiger partial charge in [-0.1, -0.05) is 22.0 Å². The van der Waals surface area contributed by atoms with Gasteiger partial charge in [-0.3, -0.25) is 9.59 Å². The molecule has 1 aromatic rings. The highest BCUT2D eigenvalue weighted by atomic mass is 79.9. The maximum Gasteiger partial charge on any atom is 0.217 e. The minimum absolute atomic E-state index is 0.0880. The lowest BCUT2D eigenvalue weighted by Gasteiger charge is -2.11. The predicted octanol–water partition coefficient (Wildman–Crippen LogP) is 2.21. The van der Waals surface area contributed by atoms with Crippen LogP contribution in [-0.4, -0.2) is 11.7 Å². The summed E-state index contributed by atoms with van der Waals surface area (Å²) in [5.74, 6) is -0.0198. The Morgan fingerprint density at radius 2 is 2.27 bits per heavy atom. The highest BCUT2D eigenvalue weighted by Crippen LogP contribution is 2.32. The van der Waals surface area contributed by atoms with Crippen LogP contribution < -0.4 is 5.32 Å². The van der Waals surface area contributed by atoms with Gasteiger partial charge in [-0.05, 0) is 17.7 Å². The molecule has 2 rings (SSSR count). The Morgan fingerprint density at radius 3 is 2.93 bits per heavy atom. The van der Waals surface area contributed by atoms with E-state index in [9.17, 15) is 9.59 Å².